The van der Waals surface area contributed by atoms with Crippen LogP contribution in [-0.4, -0.2) is 81.3 Å². The van der Waals surface area contributed by atoms with Crippen molar-refractivity contribution in [2.45, 2.75) is 32.9 Å². The number of aromatic nitrogens is 4. The van der Waals surface area contributed by atoms with Crippen molar-refractivity contribution in [1.29, 1.82) is 0 Å². The van der Waals surface area contributed by atoms with E-state index < -0.39 is 0 Å². The molecule has 8 heteroatoms. The molecular formula is C18H26N6O2. The van der Waals surface area contributed by atoms with E-state index in [9.17, 15) is 5.11 Å². The summed E-state index contributed by atoms with van der Waals surface area (Å²) in [5.41, 5.74) is 2.04. The van der Waals surface area contributed by atoms with Crippen LogP contribution in [0.1, 0.15) is 17.2 Å². The molecule has 0 spiro atoms. The van der Waals surface area contributed by atoms with E-state index in [4.69, 9.17) is 4.74 Å². The molecule has 2 saturated heterocycles. The molecule has 0 amide bonds. The van der Waals surface area contributed by atoms with Crippen LogP contribution in [0.4, 0.5) is 5.82 Å². The van der Waals surface area contributed by atoms with Crippen molar-refractivity contribution in [1.82, 2.24) is 24.6 Å². The van der Waals surface area contributed by atoms with E-state index >= 15 is 0 Å². The molecule has 2 fully saturated rings. The Kier molecular flexibility index (Phi) is 4.64. The number of ether oxygens (including phenoxy) is 1. The fourth-order valence-corrected chi connectivity index (χ4v) is 3.83. The van der Waals surface area contributed by atoms with Gasteiger partial charge in [-0.3, -0.25) is 4.90 Å². The lowest BCUT2D eigenvalue weighted by Crippen LogP contribution is -2.53. The molecule has 2 aliphatic heterocycles. The first kappa shape index (κ1) is 17.4. The molecule has 2 aromatic rings. The Morgan fingerprint density at radius 1 is 1.00 bits per heavy atom. The van der Waals surface area contributed by atoms with Crippen LogP contribution in [0.5, 0.6) is 0 Å². The summed E-state index contributed by atoms with van der Waals surface area (Å²) in [4.78, 5) is 13.8. The zero-order chi connectivity index (χ0) is 18.3. The second-order valence-corrected chi connectivity index (χ2v) is 7.17. The second-order valence-electron chi connectivity index (χ2n) is 7.17. The minimum Gasteiger partial charge on any atom is -0.389 e. The van der Waals surface area contributed by atoms with E-state index in [0.29, 0.717) is 13.2 Å². The Balaban J connectivity index is 1.51. The van der Waals surface area contributed by atoms with Gasteiger partial charge >= 0.3 is 0 Å². The summed E-state index contributed by atoms with van der Waals surface area (Å²) in [7, 11) is 0. The normalized spacial score (nSPS) is 24.4. The topological polar surface area (TPSA) is 79.5 Å². The van der Waals surface area contributed by atoms with Crippen LogP contribution in [0.15, 0.2) is 12.1 Å². The minimum absolute atomic E-state index is 0.120. The van der Waals surface area contributed by atoms with Gasteiger partial charge in [-0.05, 0) is 26.8 Å². The number of rotatable bonds is 3. The monoisotopic (exact) mass is 358 g/mol. The van der Waals surface area contributed by atoms with Crippen molar-refractivity contribution in [3.63, 3.8) is 0 Å². The number of aliphatic hydroxyl groups excluding tert-OH is 1. The molecule has 0 saturated carbocycles. The van der Waals surface area contributed by atoms with Gasteiger partial charge in [0.2, 0.25) is 0 Å². The number of piperazine rings is 1. The number of hydrogen-bond donors (Lipinski definition) is 1. The molecular weight excluding hydrogens is 332 g/mol. The van der Waals surface area contributed by atoms with Crippen LogP contribution in [0.3, 0.4) is 0 Å². The first-order valence-corrected chi connectivity index (χ1v) is 9.15. The third-order valence-electron chi connectivity index (χ3n) is 5.17. The van der Waals surface area contributed by atoms with Gasteiger partial charge in [-0.1, -0.05) is 0 Å². The van der Waals surface area contributed by atoms with E-state index in [2.05, 4.69) is 24.9 Å². The maximum Gasteiger partial charge on any atom is 0.159 e. The molecule has 0 aliphatic carbocycles. The van der Waals surface area contributed by atoms with Gasteiger partial charge in [-0.15, -0.1) is 0 Å². The Bertz CT molecular complexity index is 784. The van der Waals surface area contributed by atoms with E-state index in [1.54, 1.807) is 0 Å². The number of nitrogens with zero attached hydrogens (tertiary/aromatic N) is 6. The van der Waals surface area contributed by atoms with Crippen LogP contribution in [-0.2, 0) is 4.74 Å². The lowest BCUT2D eigenvalue weighted by molar-refractivity contribution is 0.0784. The fourth-order valence-electron chi connectivity index (χ4n) is 3.83. The summed E-state index contributed by atoms with van der Waals surface area (Å²) in [5.74, 6) is 2.48. The van der Waals surface area contributed by atoms with Crippen LogP contribution in [0.2, 0.25) is 0 Å². The van der Waals surface area contributed by atoms with Gasteiger partial charge in [0.25, 0.3) is 0 Å². The first-order valence-electron chi connectivity index (χ1n) is 9.15. The third-order valence-corrected chi connectivity index (χ3v) is 5.17. The highest BCUT2D eigenvalue weighted by molar-refractivity contribution is 5.45. The van der Waals surface area contributed by atoms with E-state index in [0.717, 1.165) is 55.0 Å². The average molecular weight is 358 g/mol. The molecule has 0 aromatic carbocycles. The second kappa shape index (κ2) is 6.94. The lowest BCUT2D eigenvalue weighted by Gasteiger charge is -2.39. The maximum absolute atomic E-state index is 10.0. The zero-order valence-electron chi connectivity index (χ0n) is 15.6. The van der Waals surface area contributed by atoms with E-state index in [1.165, 1.54) is 0 Å². The Morgan fingerprint density at radius 3 is 2.35 bits per heavy atom. The van der Waals surface area contributed by atoms with Crippen molar-refractivity contribution in [3.8, 4) is 5.82 Å². The van der Waals surface area contributed by atoms with Gasteiger partial charge in [-0.2, -0.15) is 5.10 Å². The van der Waals surface area contributed by atoms with Gasteiger partial charge in [-0.25, -0.2) is 14.6 Å². The predicted octanol–water partition coefficient (Wildman–Crippen LogP) is 0.469. The Morgan fingerprint density at radius 2 is 1.73 bits per heavy atom. The summed E-state index contributed by atoms with van der Waals surface area (Å²) in [5, 5.41) is 14.6. The Labute approximate surface area is 153 Å². The highest BCUT2D eigenvalue weighted by atomic mass is 16.5. The van der Waals surface area contributed by atoms with Gasteiger partial charge in [0.1, 0.15) is 11.6 Å². The van der Waals surface area contributed by atoms with Crippen LogP contribution in [0, 0.1) is 20.8 Å². The predicted molar refractivity (Wildman–Crippen MR) is 97.8 cm³/mol. The standard InChI is InChI=1S/C18H26N6O2/c1-12-8-13(2)24(21-12)18-9-17(19-14(3)20-18)23-6-4-22(5-7-23)15-10-26-11-16(15)25/h8-9,15-16,25H,4-7,10-11H2,1-3H3. The van der Waals surface area contributed by atoms with E-state index in [-0.39, 0.29) is 12.1 Å². The molecule has 2 unspecified atom stereocenters. The average Bonchev–Trinajstić information content (AvgIpc) is 3.19. The quantitative estimate of drug-likeness (QED) is 0.854. The molecule has 2 aliphatic rings. The molecule has 2 aromatic heterocycles. The molecule has 4 heterocycles. The fraction of sp³-hybridized carbons (Fsp3) is 0.611. The highest BCUT2D eigenvalue weighted by Crippen LogP contribution is 2.21. The summed E-state index contributed by atoms with van der Waals surface area (Å²) in [6, 6.07) is 4.18. The lowest BCUT2D eigenvalue weighted by atomic mass is 10.1. The Hall–Kier alpha value is -2.03. The molecule has 1 N–H and O–H groups in total. The molecule has 0 radical (unpaired) electrons. The molecule has 2 atom stereocenters. The van der Waals surface area contributed by atoms with Gasteiger partial charge in [0, 0.05) is 37.9 Å². The zero-order valence-corrected chi connectivity index (χ0v) is 15.6. The summed E-state index contributed by atoms with van der Waals surface area (Å²) < 4.78 is 7.26. The largest absolute Gasteiger partial charge is 0.389 e. The SMILES string of the molecule is Cc1cc(C)n(-c2cc(N3CCN(C4COCC4O)CC3)nc(C)n2)n1. The summed E-state index contributed by atoms with van der Waals surface area (Å²) >= 11 is 0. The maximum atomic E-state index is 10.0. The number of hydrogen-bond acceptors (Lipinski definition) is 7. The summed E-state index contributed by atoms with van der Waals surface area (Å²) in [6.45, 7) is 10.5. The molecule has 140 valence electrons. The van der Waals surface area contributed by atoms with Crippen molar-refractivity contribution in [2.24, 2.45) is 0 Å². The van der Waals surface area contributed by atoms with Crippen molar-refractivity contribution in [2.75, 3.05) is 44.3 Å². The molecule has 4 rings (SSSR count). The van der Waals surface area contributed by atoms with E-state index in [1.807, 2.05) is 37.6 Å². The van der Waals surface area contributed by atoms with Gasteiger partial charge < -0.3 is 14.7 Å². The minimum atomic E-state index is -0.375. The van der Waals surface area contributed by atoms with Crippen LogP contribution < -0.4 is 4.90 Å². The third kappa shape index (κ3) is 3.32. The smallest absolute Gasteiger partial charge is 0.159 e. The molecule has 0 bridgehead atoms. The van der Waals surface area contributed by atoms with Crippen LogP contribution in [0.25, 0.3) is 5.82 Å². The summed E-state index contributed by atoms with van der Waals surface area (Å²) in [6.07, 6.45) is -0.375. The number of aryl methyl sites for hydroxylation is 3. The van der Waals surface area contributed by atoms with Crippen molar-refractivity contribution >= 4 is 5.82 Å². The van der Waals surface area contributed by atoms with Gasteiger partial charge in [0.15, 0.2) is 5.82 Å². The van der Waals surface area contributed by atoms with Crippen molar-refractivity contribution < 1.29 is 9.84 Å². The number of anilines is 1. The van der Waals surface area contributed by atoms with Crippen LogP contribution >= 0.6 is 0 Å². The van der Waals surface area contributed by atoms with Gasteiger partial charge in [0.05, 0.1) is 31.1 Å². The molecule has 26 heavy (non-hydrogen) atoms. The molecule has 8 nitrogen and oxygen atoms in total. The highest BCUT2D eigenvalue weighted by Gasteiger charge is 2.33. The first-order chi connectivity index (χ1) is 12.5. The van der Waals surface area contributed by atoms with Crippen molar-refractivity contribution in [3.05, 3.63) is 29.3 Å². The number of aliphatic hydroxyl groups is 1.